The lowest BCUT2D eigenvalue weighted by atomic mass is 10.0. The van der Waals surface area contributed by atoms with E-state index in [0.29, 0.717) is 11.5 Å². The van der Waals surface area contributed by atoms with E-state index < -0.39 is 10.8 Å². The molecule has 0 heterocycles. The monoisotopic (exact) mass is 239 g/mol. The predicted molar refractivity (Wildman–Crippen MR) is 70.9 cm³/mol. The Labute approximate surface area is 101 Å². The summed E-state index contributed by atoms with van der Waals surface area (Å²) in [7, 11) is -0.791. The molecule has 0 aromatic heterocycles. The maximum atomic E-state index is 11.4. The Morgan fingerprint density at radius 2 is 1.88 bits per heavy atom. The molecule has 16 heavy (non-hydrogen) atoms. The first-order valence-electron chi connectivity index (χ1n) is 5.86. The van der Waals surface area contributed by atoms with Crippen molar-refractivity contribution in [2.45, 2.75) is 32.7 Å². The summed E-state index contributed by atoms with van der Waals surface area (Å²) in [6.45, 7) is 4.09. The topological polar surface area (TPSA) is 43.1 Å². The lowest BCUT2D eigenvalue weighted by Crippen LogP contribution is -2.19. The van der Waals surface area contributed by atoms with Crippen molar-refractivity contribution >= 4 is 10.8 Å². The molecule has 0 spiro atoms. The molecule has 0 bridgehead atoms. The fourth-order valence-electron chi connectivity index (χ4n) is 1.63. The van der Waals surface area contributed by atoms with Crippen LogP contribution in [0.5, 0.6) is 0 Å². The molecule has 2 atom stereocenters. The van der Waals surface area contributed by atoms with Crippen molar-refractivity contribution in [2.75, 3.05) is 11.5 Å². The molecule has 0 saturated carbocycles. The third-order valence-electron chi connectivity index (χ3n) is 2.63. The fraction of sp³-hybridized carbons (Fsp3) is 0.538. The highest BCUT2D eigenvalue weighted by atomic mass is 32.2. The molecule has 0 aliphatic carbocycles. The van der Waals surface area contributed by atoms with Gasteiger partial charge in [0.2, 0.25) is 0 Å². The largest absolute Gasteiger partial charge is 0.323 e. The van der Waals surface area contributed by atoms with Crippen LogP contribution in [0.2, 0.25) is 0 Å². The van der Waals surface area contributed by atoms with E-state index in [4.69, 9.17) is 5.73 Å². The second-order valence-corrected chi connectivity index (χ2v) is 5.78. The summed E-state index contributed by atoms with van der Waals surface area (Å²) in [6, 6.07) is 8.25. The predicted octanol–water partition coefficient (Wildman–Crippen LogP) is 2.41. The molecule has 1 aromatic rings. The van der Waals surface area contributed by atoms with E-state index in [0.717, 1.165) is 18.4 Å². The number of hydrogen-bond acceptors (Lipinski definition) is 2. The normalized spacial score (nSPS) is 14.7. The minimum atomic E-state index is -0.791. The van der Waals surface area contributed by atoms with Crippen LogP contribution in [0.3, 0.4) is 0 Å². The first-order valence-corrected chi connectivity index (χ1v) is 7.35. The highest BCUT2D eigenvalue weighted by Gasteiger charge is 2.08. The molecular formula is C13H21NOS. The Kier molecular flexibility index (Phi) is 5.71. The van der Waals surface area contributed by atoms with Crippen molar-refractivity contribution in [3.63, 3.8) is 0 Å². The fourth-order valence-corrected chi connectivity index (χ4v) is 2.46. The number of hydrogen-bond donors (Lipinski definition) is 1. The standard InChI is InChI=1S/C13H21NOS/c1-3-5-11-6-8-12(9-7-11)13(14)10-16(15)4-2/h6-9,13H,3-5,10,14H2,1-2H3. The summed E-state index contributed by atoms with van der Waals surface area (Å²) in [5.74, 6) is 1.24. The van der Waals surface area contributed by atoms with Gasteiger partial charge in [-0.3, -0.25) is 4.21 Å². The minimum Gasteiger partial charge on any atom is -0.323 e. The Bertz CT molecular complexity index is 334. The van der Waals surface area contributed by atoms with Crippen LogP contribution in [0.15, 0.2) is 24.3 Å². The smallest absolute Gasteiger partial charge is 0.0428 e. The van der Waals surface area contributed by atoms with E-state index in [2.05, 4.69) is 31.2 Å². The Morgan fingerprint density at radius 3 is 2.38 bits per heavy atom. The van der Waals surface area contributed by atoms with Gasteiger partial charge in [-0.25, -0.2) is 0 Å². The number of rotatable bonds is 6. The molecular weight excluding hydrogens is 218 g/mol. The van der Waals surface area contributed by atoms with Crippen molar-refractivity contribution in [1.82, 2.24) is 0 Å². The van der Waals surface area contributed by atoms with Gasteiger partial charge in [-0.15, -0.1) is 0 Å². The summed E-state index contributed by atoms with van der Waals surface area (Å²) in [5, 5.41) is 0. The van der Waals surface area contributed by atoms with Crippen LogP contribution in [-0.4, -0.2) is 15.7 Å². The third-order valence-corrected chi connectivity index (χ3v) is 4.01. The van der Waals surface area contributed by atoms with E-state index in [9.17, 15) is 4.21 Å². The van der Waals surface area contributed by atoms with Gasteiger partial charge < -0.3 is 5.73 Å². The van der Waals surface area contributed by atoms with Crippen molar-refractivity contribution < 1.29 is 4.21 Å². The van der Waals surface area contributed by atoms with Gasteiger partial charge >= 0.3 is 0 Å². The van der Waals surface area contributed by atoms with Gasteiger partial charge in [0.15, 0.2) is 0 Å². The number of nitrogens with two attached hydrogens (primary N) is 1. The van der Waals surface area contributed by atoms with E-state index >= 15 is 0 Å². The summed E-state index contributed by atoms with van der Waals surface area (Å²) in [5.41, 5.74) is 8.43. The van der Waals surface area contributed by atoms with Gasteiger partial charge in [0.05, 0.1) is 0 Å². The second-order valence-electron chi connectivity index (χ2n) is 3.99. The Morgan fingerprint density at radius 1 is 1.25 bits per heavy atom. The van der Waals surface area contributed by atoms with Gasteiger partial charge in [-0.05, 0) is 17.5 Å². The quantitative estimate of drug-likeness (QED) is 0.828. The van der Waals surface area contributed by atoms with E-state index in [1.54, 1.807) is 0 Å². The SMILES string of the molecule is CCCc1ccc(C(N)CS(=O)CC)cc1. The van der Waals surface area contributed by atoms with Gasteiger partial charge in [0.1, 0.15) is 0 Å². The number of aryl methyl sites for hydroxylation is 1. The van der Waals surface area contributed by atoms with Gasteiger partial charge in [-0.2, -0.15) is 0 Å². The van der Waals surface area contributed by atoms with Crippen LogP contribution >= 0.6 is 0 Å². The molecule has 2 unspecified atom stereocenters. The molecule has 0 amide bonds. The molecule has 0 fully saturated rings. The van der Waals surface area contributed by atoms with Crippen LogP contribution in [0, 0.1) is 0 Å². The maximum Gasteiger partial charge on any atom is 0.0428 e. The average molecular weight is 239 g/mol. The minimum absolute atomic E-state index is 0.101. The lowest BCUT2D eigenvalue weighted by molar-refractivity contribution is 0.676. The molecule has 3 heteroatoms. The second kappa shape index (κ2) is 6.81. The summed E-state index contributed by atoms with van der Waals surface area (Å²) < 4.78 is 11.4. The molecule has 2 N–H and O–H groups in total. The van der Waals surface area contributed by atoms with Crippen LogP contribution < -0.4 is 5.73 Å². The molecule has 1 rings (SSSR count). The molecule has 2 nitrogen and oxygen atoms in total. The van der Waals surface area contributed by atoms with E-state index in [-0.39, 0.29) is 6.04 Å². The van der Waals surface area contributed by atoms with Gasteiger partial charge in [0.25, 0.3) is 0 Å². The zero-order valence-electron chi connectivity index (χ0n) is 10.1. The van der Waals surface area contributed by atoms with Gasteiger partial charge in [0, 0.05) is 28.3 Å². The summed E-state index contributed by atoms with van der Waals surface area (Å²) in [6.07, 6.45) is 2.27. The summed E-state index contributed by atoms with van der Waals surface area (Å²) in [4.78, 5) is 0. The first-order chi connectivity index (χ1) is 7.67. The zero-order chi connectivity index (χ0) is 12.0. The molecule has 0 aliphatic heterocycles. The molecule has 0 saturated heterocycles. The van der Waals surface area contributed by atoms with Crippen LogP contribution in [0.1, 0.15) is 37.4 Å². The highest BCUT2D eigenvalue weighted by Crippen LogP contribution is 2.13. The molecule has 1 aromatic carbocycles. The molecule has 0 radical (unpaired) electrons. The lowest BCUT2D eigenvalue weighted by Gasteiger charge is -2.11. The van der Waals surface area contributed by atoms with Crippen molar-refractivity contribution in [3.8, 4) is 0 Å². The van der Waals surface area contributed by atoms with Crippen LogP contribution in [0.25, 0.3) is 0 Å². The average Bonchev–Trinajstić information content (AvgIpc) is 2.30. The van der Waals surface area contributed by atoms with E-state index in [1.165, 1.54) is 5.56 Å². The van der Waals surface area contributed by atoms with Crippen molar-refractivity contribution in [2.24, 2.45) is 5.73 Å². The zero-order valence-corrected chi connectivity index (χ0v) is 10.9. The van der Waals surface area contributed by atoms with E-state index in [1.807, 2.05) is 6.92 Å². The molecule has 90 valence electrons. The van der Waals surface area contributed by atoms with Crippen molar-refractivity contribution in [3.05, 3.63) is 35.4 Å². The third kappa shape index (κ3) is 4.06. The maximum absolute atomic E-state index is 11.4. The number of benzene rings is 1. The van der Waals surface area contributed by atoms with Gasteiger partial charge in [-0.1, -0.05) is 44.5 Å². The van der Waals surface area contributed by atoms with Crippen LogP contribution in [0.4, 0.5) is 0 Å². The first kappa shape index (κ1) is 13.4. The van der Waals surface area contributed by atoms with Crippen LogP contribution in [-0.2, 0) is 17.2 Å². The van der Waals surface area contributed by atoms with Crippen molar-refractivity contribution in [1.29, 1.82) is 0 Å². The summed E-state index contributed by atoms with van der Waals surface area (Å²) >= 11 is 0. The highest BCUT2D eigenvalue weighted by molar-refractivity contribution is 7.84. The Hall–Kier alpha value is -0.670. The Balaban J connectivity index is 2.62. The molecule has 0 aliphatic rings.